The van der Waals surface area contributed by atoms with Gasteiger partial charge in [-0.25, -0.2) is 0 Å². The molecule has 0 amide bonds. The van der Waals surface area contributed by atoms with E-state index in [-0.39, 0.29) is 22.3 Å². The Bertz CT molecular complexity index is 609. The van der Waals surface area contributed by atoms with E-state index in [9.17, 15) is 0 Å². The van der Waals surface area contributed by atoms with Gasteiger partial charge in [-0.05, 0) is 0 Å². The molecule has 0 spiro atoms. The van der Waals surface area contributed by atoms with Crippen molar-refractivity contribution in [2.75, 3.05) is 13.5 Å². The van der Waals surface area contributed by atoms with E-state index in [0.29, 0.717) is 0 Å². The van der Waals surface area contributed by atoms with E-state index in [1.54, 1.807) is 7.11 Å². The van der Waals surface area contributed by atoms with Crippen molar-refractivity contribution in [3.63, 3.8) is 0 Å². The zero-order valence-electron chi connectivity index (χ0n) is 13.9. The second-order valence-electron chi connectivity index (χ2n) is 5.44. The number of hydrogen-bond acceptors (Lipinski definition) is 1. The molecular weight excluding hydrogens is 354 g/mol. The molecule has 1 unspecified atom stereocenters. The summed E-state index contributed by atoms with van der Waals surface area (Å²) < 4.78 is 5.73. The molecule has 0 aliphatic heterocycles. The first kappa shape index (κ1) is 20.8. The second kappa shape index (κ2) is 9.92. The Morgan fingerprint density at radius 2 is 0.917 bits per heavy atom. The molecule has 0 N–H and O–H groups in total. The minimum Gasteiger partial charge on any atom is -0.153 e. The average Bonchev–Trinajstić information content (AvgIpc) is 2.62. The van der Waals surface area contributed by atoms with E-state index < -0.39 is 7.26 Å². The normalized spacial score (nSPS) is 11.0. The molecule has 3 aromatic rings. The molecule has 0 aromatic heterocycles. The Morgan fingerprint density at radius 3 is 1.17 bits per heavy atom. The Labute approximate surface area is 154 Å². The number of methoxy groups -OCH3 is 1. The third-order valence-electron chi connectivity index (χ3n) is 4.16. The number of benzene rings is 3. The van der Waals surface area contributed by atoms with Gasteiger partial charge < -0.3 is 0 Å². The van der Waals surface area contributed by atoms with Gasteiger partial charge in [0.1, 0.15) is 0 Å². The van der Waals surface area contributed by atoms with E-state index >= 15 is 0 Å². The van der Waals surface area contributed by atoms with Crippen molar-refractivity contribution in [2.45, 2.75) is 0 Å². The topological polar surface area (TPSA) is 9.23 Å². The van der Waals surface area contributed by atoms with Crippen molar-refractivity contribution in [1.82, 2.24) is 0 Å². The summed E-state index contributed by atoms with van der Waals surface area (Å²) >= 11 is 0. The molecule has 4 heteroatoms. The molecule has 3 rings (SSSR count). The fourth-order valence-corrected chi connectivity index (χ4v) is 7.35. The summed E-state index contributed by atoms with van der Waals surface area (Å²) in [5.41, 5.74) is 0. The van der Waals surface area contributed by atoms with Crippen LogP contribution in [0.15, 0.2) is 91.0 Å². The molecule has 128 valence electrons. The summed E-state index contributed by atoms with van der Waals surface area (Å²) in [4.78, 5) is 0. The van der Waals surface area contributed by atoms with Gasteiger partial charge in [0.05, 0.1) is 0 Å². The molecule has 0 aliphatic rings. The standard InChI is InChI=1S/C20H21OP.ClH.H3P/c1-21-17-22(18-11-5-2-6-12-18,19-13-7-3-8-14-19)20-15-9-4-10-16-20;;/h2-16,22H,17H2,1H3;1H;1H3. The summed E-state index contributed by atoms with van der Waals surface area (Å²) in [6.45, 7) is 0. The first-order chi connectivity index (χ1) is 10.9. The van der Waals surface area contributed by atoms with E-state index in [0.717, 1.165) is 6.35 Å². The van der Waals surface area contributed by atoms with Crippen LogP contribution < -0.4 is 15.9 Å². The summed E-state index contributed by atoms with van der Waals surface area (Å²) in [5.74, 6) is 0. The molecule has 24 heavy (non-hydrogen) atoms. The number of hydrogen-bond donors (Lipinski definition) is 0. The molecular formula is C20H25ClOP2. The van der Waals surface area contributed by atoms with E-state index in [4.69, 9.17) is 4.74 Å². The Hall–Kier alpha value is -1.23. The van der Waals surface area contributed by atoms with Crippen molar-refractivity contribution < 1.29 is 4.74 Å². The number of halogens is 1. The van der Waals surface area contributed by atoms with Crippen molar-refractivity contribution in [3.8, 4) is 0 Å². The zero-order valence-corrected chi connectivity index (χ0v) is 17.1. The minimum atomic E-state index is -2.15. The molecule has 0 saturated heterocycles. The molecule has 0 heterocycles. The van der Waals surface area contributed by atoms with Crippen LogP contribution in [0.25, 0.3) is 0 Å². The molecule has 1 atom stereocenters. The van der Waals surface area contributed by atoms with Gasteiger partial charge in [0.2, 0.25) is 0 Å². The van der Waals surface area contributed by atoms with Crippen molar-refractivity contribution in [1.29, 1.82) is 0 Å². The van der Waals surface area contributed by atoms with E-state index in [2.05, 4.69) is 91.0 Å². The van der Waals surface area contributed by atoms with E-state index in [1.165, 1.54) is 15.9 Å². The molecule has 1 nitrogen and oxygen atoms in total. The van der Waals surface area contributed by atoms with Crippen LogP contribution >= 0.6 is 29.6 Å². The van der Waals surface area contributed by atoms with Gasteiger partial charge in [0, 0.05) is 0 Å². The molecule has 0 fully saturated rings. The Morgan fingerprint density at radius 1 is 0.625 bits per heavy atom. The summed E-state index contributed by atoms with van der Waals surface area (Å²) in [7, 11) is -0.344. The predicted molar refractivity (Wildman–Crippen MR) is 117 cm³/mol. The minimum absolute atomic E-state index is 0. The average molecular weight is 379 g/mol. The van der Waals surface area contributed by atoms with Crippen LogP contribution in [0, 0.1) is 0 Å². The monoisotopic (exact) mass is 378 g/mol. The quantitative estimate of drug-likeness (QED) is 0.614. The van der Waals surface area contributed by atoms with Gasteiger partial charge in [0.15, 0.2) is 0 Å². The van der Waals surface area contributed by atoms with Gasteiger partial charge in [-0.15, -0.1) is 12.4 Å². The first-order valence-electron chi connectivity index (χ1n) is 7.53. The summed E-state index contributed by atoms with van der Waals surface area (Å²) in [5, 5.41) is 4.15. The van der Waals surface area contributed by atoms with Gasteiger partial charge in [0.25, 0.3) is 0 Å². The van der Waals surface area contributed by atoms with Crippen LogP contribution in [0.1, 0.15) is 0 Å². The smallest absolute Gasteiger partial charge is 0.147 e. The maximum Gasteiger partial charge on any atom is -0.147 e. The SMILES string of the molecule is COC[PH](c1ccccc1)(c1ccccc1)c1ccccc1.Cl.P. The predicted octanol–water partition coefficient (Wildman–Crippen LogP) is 3.80. The van der Waals surface area contributed by atoms with Crippen molar-refractivity contribution >= 4 is 45.5 Å². The third kappa shape index (κ3) is 4.05. The number of ether oxygens (including phenoxy) is 1. The van der Waals surface area contributed by atoms with Crippen LogP contribution in [0.5, 0.6) is 0 Å². The summed E-state index contributed by atoms with van der Waals surface area (Å²) in [6, 6.07) is 32.4. The molecule has 0 saturated carbocycles. The van der Waals surface area contributed by atoms with E-state index in [1.807, 2.05) is 0 Å². The fourth-order valence-electron chi connectivity index (χ4n) is 3.13. The fraction of sp³-hybridized carbons (Fsp3) is 0.100. The Kier molecular flexibility index (Phi) is 8.60. The van der Waals surface area contributed by atoms with Crippen molar-refractivity contribution in [3.05, 3.63) is 91.0 Å². The van der Waals surface area contributed by atoms with Gasteiger partial charge in [-0.3, -0.25) is 0 Å². The third-order valence-corrected chi connectivity index (χ3v) is 8.84. The number of rotatable bonds is 5. The molecule has 0 bridgehead atoms. The van der Waals surface area contributed by atoms with Crippen LogP contribution in [-0.2, 0) is 4.74 Å². The maximum atomic E-state index is 5.73. The second-order valence-corrected chi connectivity index (χ2v) is 9.27. The maximum absolute atomic E-state index is 5.73. The Balaban J connectivity index is 0.00000144. The molecule has 0 radical (unpaired) electrons. The molecule has 0 aliphatic carbocycles. The van der Waals surface area contributed by atoms with Crippen LogP contribution in [0.4, 0.5) is 0 Å². The molecule has 3 aromatic carbocycles. The largest absolute Gasteiger partial charge is 0.153 e. The van der Waals surface area contributed by atoms with Gasteiger partial charge >= 0.3 is 132 Å². The summed E-state index contributed by atoms with van der Waals surface area (Å²) in [6.07, 6.45) is 0.741. The first-order valence-corrected chi connectivity index (χ1v) is 9.74. The van der Waals surface area contributed by atoms with Crippen molar-refractivity contribution in [2.24, 2.45) is 0 Å². The van der Waals surface area contributed by atoms with Crippen LogP contribution in [-0.4, -0.2) is 13.5 Å². The van der Waals surface area contributed by atoms with Crippen LogP contribution in [0.3, 0.4) is 0 Å². The van der Waals surface area contributed by atoms with Gasteiger partial charge in [-0.2, -0.15) is 9.90 Å². The van der Waals surface area contributed by atoms with Gasteiger partial charge in [-0.1, -0.05) is 0 Å². The zero-order chi connectivity index (χ0) is 15.3. The van der Waals surface area contributed by atoms with Crippen LogP contribution in [0.2, 0.25) is 0 Å².